The number of hydroxylamine groups is 1. The van der Waals surface area contributed by atoms with E-state index < -0.39 is 0 Å². The Labute approximate surface area is 107 Å². The number of hydrogen-bond acceptors (Lipinski definition) is 2. The van der Waals surface area contributed by atoms with Gasteiger partial charge < -0.3 is 9.32 Å². The maximum atomic E-state index is 5.40. The Morgan fingerprint density at radius 3 is 2.59 bits per heavy atom. The van der Waals surface area contributed by atoms with E-state index in [0.29, 0.717) is 0 Å². The minimum atomic E-state index is 0.807. The average Bonchev–Trinajstić information content (AvgIpc) is 2.30. The lowest BCUT2D eigenvalue weighted by Gasteiger charge is -2.29. The van der Waals surface area contributed by atoms with Crippen LogP contribution in [0.4, 0.5) is 0 Å². The van der Waals surface area contributed by atoms with Crippen LogP contribution in [0.5, 0.6) is 0 Å². The molecule has 0 saturated carbocycles. The number of quaternary nitrogens is 1. The van der Waals surface area contributed by atoms with Crippen molar-refractivity contribution in [3.05, 3.63) is 12.7 Å². The summed E-state index contributed by atoms with van der Waals surface area (Å²) in [4.78, 5) is 5.40. The Hall–Kier alpha value is -0.380. The number of unbranched alkanes of at least 4 members (excludes halogenated alkanes) is 2. The second-order valence-electron chi connectivity index (χ2n) is 5.26. The minimum Gasteiger partial charge on any atom is -0.328 e. The highest BCUT2D eigenvalue weighted by atomic mass is 16.6. The van der Waals surface area contributed by atoms with E-state index in [1.807, 2.05) is 6.08 Å². The number of nitrogens with one attached hydrogen (secondary N) is 1. The lowest BCUT2D eigenvalue weighted by molar-refractivity contribution is -0.890. The number of nitrogens with zero attached hydrogens (tertiary/aromatic N) is 1. The Kier molecular flexibility index (Phi) is 10.5. The SMILES string of the molecule is C=CCC[N+](C)(C)CCCONCCCCC. The van der Waals surface area contributed by atoms with Gasteiger partial charge in [-0.25, -0.2) is 5.48 Å². The van der Waals surface area contributed by atoms with E-state index in [4.69, 9.17) is 4.84 Å². The van der Waals surface area contributed by atoms with Crippen molar-refractivity contribution in [1.29, 1.82) is 0 Å². The summed E-state index contributed by atoms with van der Waals surface area (Å²) in [5, 5.41) is 0. The topological polar surface area (TPSA) is 21.3 Å². The molecule has 0 saturated heterocycles. The summed E-state index contributed by atoms with van der Waals surface area (Å²) < 4.78 is 1.05. The summed E-state index contributed by atoms with van der Waals surface area (Å²) in [5.41, 5.74) is 3.03. The Morgan fingerprint density at radius 2 is 1.94 bits per heavy atom. The van der Waals surface area contributed by atoms with Crippen LogP contribution in [0.3, 0.4) is 0 Å². The molecular formula is C14H31N2O+. The average molecular weight is 243 g/mol. The lowest BCUT2D eigenvalue weighted by atomic mass is 10.3. The van der Waals surface area contributed by atoms with Gasteiger partial charge in [0.15, 0.2) is 0 Å². The molecule has 0 aliphatic rings. The largest absolute Gasteiger partial charge is 0.328 e. The Bertz CT molecular complexity index is 181. The molecule has 17 heavy (non-hydrogen) atoms. The third-order valence-electron chi connectivity index (χ3n) is 2.93. The molecule has 0 unspecified atom stereocenters. The molecule has 0 heterocycles. The maximum Gasteiger partial charge on any atom is 0.0817 e. The van der Waals surface area contributed by atoms with Crippen LogP contribution in [0.2, 0.25) is 0 Å². The first-order chi connectivity index (χ1) is 8.12. The summed E-state index contributed by atoms with van der Waals surface area (Å²) >= 11 is 0. The summed E-state index contributed by atoms with van der Waals surface area (Å²) in [6, 6.07) is 0. The third-order valence-corrected chi connectivity index (χ3v) is 2.93. The second kappa shape index (κ2) is 10.8. The Morgan fingerprint density at radius 1 is 1.18 bits per heavy atom. The molecule has 0 amide bonds. The van der Waals surface area contributed by atoms with Crippen LogP contribution in [0, 0.1) is 0 Å². The minimum absolute atomic E-state index is 0.807. The highest BCUT2D eigenvalue weighted by Gasteiger charge is 2.12. The van der Waals surface area contributed by atoms with Crippen LogP contribution in [0.25, 0.3) is 0 Å². The molecule has 0 rings (SSSR count). The third kappa shape index (κ3) is 11.9. The molecule has 0 aromatic carbocycles. The fraction of sp³-hybridized carbons (Fsp3) is 0.857. The van der Waals surface area contributed by atoms with Gasteiger partial charge in [0.25, 0.3) is 0 Å². The molecule has 1 N–H and O–H groups in total. The molecule has 0 aliphatic heterocycles. The molecule has 3 heteroatoms. The fourth-order valence-corrected chi connectivity index (χ4v) is 1.71. The van der Waals surface area contributed by atoms with Gasteiger partial charge in [-0.3, -0.25) is 0 Å². The second-order valence-corrected chi connectivity index (χ2v) is 5.26. The molecule has 0 spiro atoms. The predicted molar refractivity (Wildman–Crippen MR) is 74.8 cm³/mol. The van der Waals surface area contributed by atoms with Crippen LogP contribution in [0.15, 0.2) is 12.7 Å². The first kappa shape index (κ1) is 16.6. The number of hydrogen-bond donors (Lipinski definition) is 1. The predicted octanol–water partition coefficient (Wildman–Crippen LogP) is 2.74. The molecule has 0 atom stereocenters. The summed E-state index contributed by atoms with van der Waals surface area (Å²) in [6.45, 7) is 10.1. The van der Waals surface area contributed by atoms with E-state index in [0.717, 1.165) is 43.6 Å². The van der Waals surface area contributed by atoms with E-state index in [1.165, 1.54) is 19.3 Å². The van der Waals surface area contributed by atoms with Gasteiger partial charge in [-0.05, 0) is 6.42 Å². The standard InChI is InChI=1S/C14H31N2O/c1-5-7-9-11-15-17-14-10-13-16(3,4)12-8-6-2/h6,15H,2,5,7-14H2,1,3-4H3/q+1. The zero-order valence-electron chi connectivity index (χ0n) is 12.0. The normalized spacial score (nSPS) is 11.7. The van der Waals surface area contributed by atoms with Crippen molar-refractivity contribution >= 4 is 0 Å². The first-order valence-corrected chi connectivity index (χ1v) is 6.90. The van der Waals surface area contributed by atoms with Gasteiger partial charge >= 0.3 is 0 Å². The van der Waals surface area contributed by atoms with Crippen molar-refractivity contribution in [3.63, 3.8) is 0 Å². The molecule has 0 aromatic rings. The molecule has 3 nitrogen and oxygen atoms in total. The maximum absolute atomic E-state index is 5.40. The molecule has 0 bridgehead atoms. The summed E-state index contributed by atoms with van der Waals surface area (Å²) in [7, 11) is 4.52. The van der Waals surface area contributed by atoms with Gasteiger partial charge in [0.2, 0.25) is 0 Å². The van der Waals surface area contributed by atoms with Gasteiger partial charge in [0, 0.05) is 19.4 Å². The van der Waals surface area contributed by atoms with Gasteiger partial charge in [-0.15, -0.1) is 6.58 Å². The first-order valence-electron chi connectivity index (χ1n) is 6.90. The molecule has 102 valence electrons. The zero-order valence-corrected chi connectivity index (χ0v) is 12.0. The van der Waals surface area contributed by atoms with Gasteiger partial charge in [0.1, 0.15) is 0 Å². The van der Waals surface area contributed by atoms with E-state index in [2.05, 4.69) is 33.1 Å². The van der Waals surface area contributed by atoms with Crippen molar-refractivity contribution in [2.24, 2.45) is 0 Å². The molecule has 0 aliphatic carbocycles. The monoisotopic (exact) mass is 243 g/mol. The lowest BCUT2D eigenvalue weighted by Crippen LogP contribution is -2.41. The molecular weight excluding hydrogens is 212 g/mol. The van der Waals surface area contributed by atoms with E-state index in [1.54, 1.807) is 0 Å². The van der Waals surface area contributed by atoms with Gasteiger partial charge in [-0.2, -0.15) is 0 Å². The van der Waals surface area contributed by atoms with Crippen LogP contribution in [-0.4, -0.2) is 44.8 Å². The van der Waals surface area contributed by atoms with Crippen LogP contribution < -0.4 is 5.48 Å². The van der Waals surface area contributed by atoms with Gasteiger partial charge in [-0.1, -0.05) is 25.8 Å². The van der Waals surface area contributed by atoms with Gasteiger partial charge in [0.05, 0.1) is 33.8 Å². The van der Waals surface area contributed by atoms with E-state index >= 15 is 0 Å². The van der Waals surface area contributed by atoms with E-state index in [-0.39, 0.29) is 0 Å². The molecule has 0 radical (unpaired) electrons. The van der Waals surface area contributed by atoms with E-state index in [9.17, 15) is 0 Å². The highest BCUT2D eigenvalue weighted by molar-refractivity contribution is 4.64. The van der Waals surface area contributed by atoms with Crippen molar-refractivity contribution in [2.75, 3.05) is 40.3 Å². The smallest absolute Gasteiger partial charge is 0.0817 e. The van der Waals surface area contributed by atoms with Crippen LogP contribution in [-0.2, 0) is 4.84 Å². The molecule has 0 fully saturated rings. The summed E-state index contributed by atoms with van der Waals surface area (Å²) in [6.07, 6.45) is 7.93. The van der Waals surface area contributed by atoms with Crippen molar-refractivity contribution in [2.45, 2.75) is 39.0 Å². The Balaban J connectivity index is 3.28. The number of rotatable bonds is 12. The molecule has 0 aromatic heterocycles. The fourth-order valence-electron chi connectivity index (χ4n) is 1.71. The van der Waals surface area contributed by atoms with Crippen molar-refractivity contribution in [3.8, 4) is 0 Å². The summed E-state index contributed by atoms with van der Waals surface area (Å²) in [5.74, 6) is 0. The van der Waals surface area contributed by atoms with Crippen LogP contribution >= 0.6 is 0 Å². The van der Waals surface area contributed by atoms with Crippen molar-refractivity contribution < 1.29 is 9.32 Å². The quantitative estimate of drug-likeness (QED) is 0.246. The zero-order chi connectivity index (χ0) is 13.0. The van der Waals surface area contributed by atoms with Crippen LogP contribution in [0.1, 0.15) is 39.0 Å². The van der Waals surface area contributed by atoms with Crippen molar-refractivity contribution in [1.82, 2.24) is 5.48 Å². The highest BCUT2D eigenvalue weighted by Crippen LogP contribution is 2.01.